The number of nitrogens with two attached hydrogens (primary N) is 1. The summed E-state index contributed by atoms with van der Waals surface area (Å²) in [6.45, 7) is 3.80. The van der Waals surface area contributed by atoms with E-state index >= 15 is 0 Å². The first-order chi connectivity index (χ1) is 11.4. The molecule has 0 aliphatic carbocycles. The van der Waals surface area contributed by atoms with Gasteiger partial charge in [0.1, 0.15) is 23.8 Å². The first kappa shape index (κ1) is 17.4. The fraction of sp³-hybridized carbons (Fsp3) is 0.643. The van der Waals surface area contributed by atoms with Crippen molar-refractivity contribution < 1.29 is 20.1 Å². The van der Waals surface area contributed by atoms with Crippen LogP contribution < -0.4 is 5.73 Å². The molecule has 2 aromatic heterocycles. The van der Waals surface area contributed by atoms with E-state index in [-0.39, 0.29) is 5.82 Å². The molecule has 1 fully saturated rings. The normalized spacial score (nSPS) is 27.4. The van der Waals surface area contributed by atoms with Crippen molar-refractivity contribution in [2.24, 2.45) is 5.92 Å². The summed E-state index contributed by atoms with van der Waals surface area (Å²) in [4.78, 5) is 12.9. The van der Waals surface area contributed by atoms with Crippen molar-refractivity contribution in [3.8, 4) is 0 Å². The Morgan fingerprint density at radius 1 is 1.33 bits per heavy atom. The zero-order valence-corrected chi connectivity index (χ0v) is 14.2. The van der Waals surface area contributed by atoms with E-state index in [1.165, 1.54) is 22.7 Å². The van der Waals surface area contributed by atoms with Gasteiger partial charge in [0.25, 0.3) is 0 Å². The molecule has 0 unspecified atom stereocenters. The van der Waals surface area contributed by atoms with Gasteiger partial charge >= 0.3 is 0 Å². The topological polar surface area (TPSA) is 140 Å². The van der Waals surface area contributed by atoms with Gasteiger partial charge in [0.2, 0.25) is 0 Å². The molecule has 1 aliphatic rings. The van der Waals surface area contributed by atoms with Crippen molar-refractivity contribution in [2.45, 2.75) is 43.5 Å². The highest BCUT2D eigenvalue weighted by Crippen LogP contribution is 2.32. The third-order valence-electron chi connectivity index (χ3n) is 3.76. The van der Waals surface area contributed by atoms with Crippen LogP contribution in [0.5, 0.6) is 0 Å². The second-order valence-electron chi connectivity index (χ2n) is 6.15. The van der Waals surface area contributed by atoms with Gasteiger partial charge in [-0.2, -0.15) is 0 Å². The lowest BCUT2D eigenvalue weighted by Crippen LogP contribution is -2.33. The van der Waals surface area contributed by atoms with E-state index in [9.17, 15) is 15.3 Å². The van der Waals surface area contributed by atoms with E-state index in [2.05, 4.69) is 28.8 Å². The summed E-state index contributed by atoms with van der Waals surface area (Å²) in [7, 11) is 0. The summed E-state index contributed by atoms with van der Waals surface area (Å²) in [5.74, 6) is 1.56. The molecule has 132 valence electrons. The molecule has 0 saturated carbocycles. The second kappa shape index (κ2) is 6.81. The second-order valence-corrected chi connectivity index (χ2v) is 7.14. The zero-order chi connectivity index (χ0) is 17.4. The molecule has 9 nitrogen and oxygen atoms in total. The molecule has 0 amide bonds. The van der Waals surface area contributed by atoms with Gasteiger partial charge in [0, 0.05) is 5.75 Å². The number of hydrogen-bond acceptors (Lipinski definition) is 9. The molecule has 1 saturated heterocycles. The van der Waals surface area contributed by atoms with E-state index in [1.54, 1.807) is 0 Å². The number of aliphatic hydroxyl groups excluding tert-OH is 3. The number of anilines is 1. The van der Waals surface area contributed by atoms with Crippen LogP contribution in [0.3, 0.4) is 0 Å². The molecule has 0 aromatic carbocycles. The van der Waals surface area contributed by atoms with Gasteiger partial charge in [-0.05, 0) is 5.92 Å². The molecular weight excluding hydrogens is 334 g/mol. The Kier molecular flexibility index (Phi) is 4.92. The Morgan fingerprint density at radius 3 is 2.71 bits per heavy atom. The predicted octanol–water partition coefficient (Wildman–Crippen LogP) is -0.232. The Bertz CT molecular complexity index is 724. The van der Waals surface area contributed by atoms with Crippen molar-refractivity contribution >= 4 is 28.7 Å². The molecule has 3 rings (SSSR count). The van der Waals surface area contributed by atoms with Crippen LogP contribution in [0.2, 0.25) is 0 Å². The summed E-state index contributed by atoms with van der Waals surface area (Å²) < 4.78 is 7.04. The molecule has 3 heterocycles. The van der Waals surface area contributed by atoms with Crippen LogP contribution in [0.25, 0.3) is 11.2 Å². The molecule has 5 N–H and O–H groups in total. The molecular formula is C14H21N5O4S. The van der Waals surface area contributed by atoms with Crippen LogP contribution >= 0.6 is 11.8 Å². The minimum Gasteiger partial charge on any atom is -0.394 e. The number of thioether (sulfide) groups is 1. The minimum atomic E-state index is -1.21. The lowest BCUT2D eigenvalue weighted by molar-refractivity contribution is -0.0511. The zero-order valence-electron chi connectivity index (χ0n) is 13.4. The number of imidazole rings is 1. The maximum absolute atomic E-state index is 10.2. The van der Waals surface area contributed by atoms with Gasteiger partial charge in [-0.3, -0.25) is 4.57 Å². The summed E-state index contributed by atoms with van der Waals surface area (Å²) in [5, 5.41) is 29.9. The van der Waals surface area contributed by atoms with Crippen molar-refractivity contribution in [1.29, 1.82) is 0 Å². The van der Waals surface area contributed by atoms with Gasteiger partial charge in [0.05, 0.1) is 12.9 Å². The van der Waals surface area contributed by atoms with Gasteiger partial charge in [-0.25, -0.2) is 15.0 Å². The number of rotatable bonds is 5. The van der Waals surface area contributed by atoms with Gasteiger partial charge < -0.3 is 25.8 Å². The van der Waals surface area contributed by atoms with Gasteiger partial charge in [-0.1, -0.05) is 25.6 Å². The molecule has 24 heavy (non-hydrogen) atoms. The maximum Gasteiger partial charge on any atom is 0.191 e. The SMILES string of the molecule is CC(C)CSc1nc(N)c2ncn([C@@H]3O[C@H](CO)[C@@H](O)[C@H]3O)c2n1. The van der Waals surface area contributed by atoms with Crippen molar-refractivity contribution in [2.75, 3.05) is 18.1 Å². The van der Waals surface area contributed by atoms with Crippen molar-refractivity contribution in [3.63, 3.8) is 0 Å². The van der Waals surface area contributed by atoms with Crippen molar-refractivity contribution in [3.05, 3.63) is 6.33 Å². The van der Waals surface area contributed by atoms with Crippen LogP contribution in [0.15, 0.2) is 11.5 Å². The summed E-state index contributed by atoms with van der Waals surface area (Å²) >= 11 is 1.48. The standard InChI is InChI=1S/C14H21N5O4S/c1-6(2)4-24-14-17-11(15)8-12(18-14)19(5-16-8)13-10(22)9(21)7(3-20)23-13/h5-7,9-10,13,20-22H,3-4H2,1-2H3,(H2,15,17,18)/t7-,9-,10-,13-/m1/s1. The highest BCUT2D eigenvalue weighted by Gasteiger charge is 2.44. The van der Waals surface area contributed by atoms with Crippen LogP contribution in [0, 0.1) is 5.92 Å². The molecule has 0 bridgehead atoms. The largest absolute Gasteiger partial charge is 0.394 e. The molecule has 1 aliphatic heterocycles. The van der Waals surface area contributed by atoms with Crippen LogP contribution in [-0.2, 0) is 4.74 Å². The number of hydrogen-bond donors (Lipinski definition) is 4. The average Bonchev–Trinajstić information content (AvgIpc) is 3.08. The molecule has 10 heteroatoms. The average molecular weight is 355 g/mol. The maximum atomic E-state index is 10.2. The number of nitrogen functional groups attached to an aromatic ring is 1. The van der Waals surface area contributed by atoms with Gasteiger partial charge in [-0.15, -0.1) is 0 Å². The predicted molar refractivity (Wildman–Crippen MR) is 88.3 cm³/mol. The summed E-state index contributed by atoms with van der Waals surface area (Å²) in [6.07, 6.45) is -2.72. The van der Waals surface area contributed by atoms with E-state index < -0.39 is 31.1 Å². The molecule has 0 spiro atoms. The highest BCUT2D eigenvalue weighted by atomic mass is 32.2. The number of ether oxygens (including phenoxy) is 1. The Hall–Kier alpha value is -1.46. The van der Waals surface area contributed by atoms with E-state index in [0.717, 1.165) is 5.75 Å². The first-order valence-corrected chi connectivity index (χ1v) is 8.66. The monoisotopic (exact) mass is 355 g/mol. The number of nitrogens with zero attached hydrogens (tertiary/aromatic N) is 4. The number of aliphatic hydroxyl groups is 3. The first-order valence-electron chi connectivity index (χ1n) is 7.67. The lowest BCUT2D eigenvalue weighted by Gasteiger charge is -2.16. The molecule has 4 atom stereocenters. The third-order valence-corrected chi connectivity index (χ3v) is 5.04. The fourth-order valence-corrected chi connectivity index (χ4v) is 3.32. The van der Waals surface area contributed by atoms with Crippen LogP contribution in [0.4, 0.5) is 5.82 Å². The van der Waals surface area contributed by atoms with Crippen molar-refractivity contribution in [1.82, 2.24) is 19.5 Å². The number of fused-ring (bicyclic) bond motifs is 1. The third kappa shape index (κ3) is 3.07. The Labute approximate surface area is 142 Å². The Balaban J connectivity index is 1.97. The van der Waals surface area contributed by atoms with Gasteiger partial charge in [0.15, 0.2) is 22.8 Å². The highest BCUT2D eigenvalue weighted by molar-refractivity contribution is 7.99. The quantitative estimate of drug-likeness (QED) is 0.423. The lowest BCUT2D eigenvalue weighted by atomic mass is 10.1. The van der Waals surface area contributed by atoms with E-state index in [4.69, 9.17) is 10.5 Å². The fourth-order valence-electron chi connectivity index (χ4n) is 2.52. The smallest absolute Gasteiger partial charge is 0.191 e. The molecule has 2 aromatic rings. The summed E-state index contributed by atoms with van der Waals surface area (Å²) in [6, 6.07) is 0. The van der Waals surface area contributed by atoms with E-state index in [1.807, 2.05) is 0 Å². The Morgan fingerprint density at radius 2 is 2.08 bits per heavy atom. The van der Waals surface area contributed by atoms with E-state index in [0.29, 0.717) is 22.2 Å². The summed E-state index contributed by atoms with van der Waals surface area (Å²) in [5.41, 5.74) is 6.78. The van der Waals surface area contributed by atoms with Crippen LogP contribution in [0.1, 0.15) is 20.1 Å². The number of aromatic nitrogens is 4. The molecule has 0 radical (unpaired) electrons. The minimum absolute atomic E-state index is 0.247. The van der Waals surface area contributed by atoms with Crippen LogP contribution in [-0.4, -0.2) is 65.5 Å².